The van der Waals surface area contributed by atoms with E-state index < -0.39 is 26.8 Å². The van der Waals surface area contributed by atoms with Crippen molar-refractivity contribution in [3.63, 3.8) is 0 Å². The predicted molar refractivity (Wildman–Crippen MR) is 160 cm³/mol. The van der Waals surface area contributed by atoms with E-state index in [0.717, 1.165) is 5.56 Å². The molecule has 0 bridgehead atoms. The molecule has 1 N–H and O–H groups in total. The van der Waals surface area contributed by atoms with Gasteiger partial charge < -0.3 is 23.6 Å². The molecule has 224 valence electrons. The summed E-state index contributed by atoms with van der Waals surface area (Å²) in [4.78, 5) is 20.1. The molecule has 41 heavy (non-hydrogen) atoms. The first-order chi connectivity index (χ1) is 19.2. The molecule has 3 aromatic rings. The Morgan fingerprint density at radius 3 is 2.61 bits per heavy atom. The fourth-order valence-corrected chi connectivity index (χ4v) is 6.60. The van der Waals surface area contributed by atoms with Crippen molar-refractivity contribution in [2.45, 2.75) is 96.7 Å². The number of benzene rings is 1. The molecule has 1 aliphatic heterocycles. The van der Waals surface area contributed by atoms with Gasteiger partial charge in [-0.3, -0.25) is 10.1 Å². The lowest BCUT2D eigenvalue weighted by molar-refractivity contribution is -0.386. The van der Waals surface area contributed by atoms with Gasteiger partial charge in [-0.2, -0.15) is 0 Å². The Morgan fingerprint density at radius 2 is 1.98 bits per heavy atom. The van der Waals surface area contributed by atoms with Crippen LogP contribution in [-0.2, 0) is 20.5 Å². The van der Waals surface area contributed by atoms with Gasteiger partial charge in [0.05, 0.1) is 41.3 Å². The van der Waals surface area contributed by atoms with Gasteiger partial charge in [-0.15, -0.1) is 0 Å². The molecule has 1 aliphatic rings. The van der Waals surface area contributed by atoms with Crippen LogP contribution in [0.2, 0.25) is 23.3 Å². The number of rotatable bonds is 11. The van der Waals surface area contributed by atoms with Gasteiger partial charge in [0.25, 0.3) is 5.69 Å². The van der Waals surface area contributed by atoms with Gasteiger partial charge >= 0.3 is 0 Å². The van der Waals surface area contributed by atoms with Gasteiger partial charge in [0, 0.05) is 24.2 Å². The zero-order chi connectivity index (χ0) is 30.1. The van der Waals surface area contributed by atoms with Crippen LogP contribution in [0.15, 0.2) is 36.8 Å². The minimum atomic E-state index is -2.11. The van der Waals surface area contributed by atoms with E-state index >= 15 is 0 Å². The summed E-state index contributed by atoms with van der Waals surface area (Å²) in [6.45, 7) is 15.0. The third-order valence-corrected chi connectivity index (χ3v) is 13.0. The van der Waals surface area contributed by atoms with Crippen molar-refractivity contribution in [1.29, 1.82) is 0 Å². The molecule has 1 saturated heterocycles. The number of aromatic nitrogens is 3. The van der Waals surface area contributed by atoms with Crippen LogP contribution in [0.25, 0.3) is 11.0 Å². The molecule has 1 unspecified atom stereocenters. The van der Waals surface area contributed by atoms with Gasteiger partial charge in [0.15, 0.2) is 8.32 Å². The van der Waals surface area contributed by atoms with E-state index in [1.54, 1.807) is 18.2 Å². The number of hydrogen-bond acceptors (Lipinski definition) is 8. The van der Waals surface area contributed by atoms with Crippen LogP contribution < -0.4 is 0 Å². The zero-order valence-electron chi connectivity index (χ0n) is 24.8. The molecule has 0 aliphatic carbocycles. The van der Waals surface area contributed by atoms with Crippen LogP contribution in [0.5, 0.6) is 0 Å². The number of aliphatic hydroxyl groups is 1. The van der Waals surface area contributed by atoms with E-state index in [9.17, 15) is 15.2 Å². The van der Waals surface area contributed by atoms with Crippen molar-refractivity contribution < 1.29 is 23.9 Å². The van der Waals surface area contributed by atoms with Crippen LogP contribution in [0.3, 0.4) is 0 Å². The van der Waals surface area contributed by atoms with Gasteiger partial charge in [0.1, 0.15) is 29.5 Å². The molecule has 1 aromatic carbocycles. The summed E-state index contributed by atoms with van der Waals surface area (Å²) in [5.74, 6) is 0.244. The van der Waals surface area contributed by atoms with Crippen molar-refractivity contribution in [3.05, 3.63) is 63.2 Å². The van der Waals surface area contributed by atoms with Crippen molar-refractivity contribution in [2.75, 3.05) is 6.61 Å². The highest BCUT2D eigenvalue weighted by atomic mass is 35.5. The topological polar surface area (TPSA) is 122 Å². The summed E-state index contributed by atoms with van der Waals surface area (Å²) < 4.78 is 21.3. The maximum absolute atomic E-state index is 11.7. The molecule has 4 atom stereocenters. The van der Waals surface area contributed by atoms with Crippen molar-refractivity contribution in [2.24, 2.45) is 5.92 Å². The van der Waals surface area contributed by atoms with Crippen LogP contribution in [0.4, 0.5) is 5.69 Å². The Bertz CT molecular complexity index is 1380. The Kier molecular flexibility index (Phi) is 9.57. The Hall–Kier alpha value is -2.41. The second kappa shape index (κ2) is 12.4. The molecule has 0 radical (unpaired) electrons. The summed E-state index contributed by atoms with van der Waals surface area (Å²) >= 11 is 6.58. The maximum Gasteiger partial charge on any atom is 0.275 e. The average molecular weight is 605 g/mol. The third kappa shape index (κ3) is 6.81. The van der Waals surface area contributed by atoms with Crippen LogP contribution in [-0.4, -0.2) is 51.7 Å². The highest BCUT2D eigenvalue weighted by molar-refractivity contribution is 6.74. The molecule has 3 heterocycles. The maximum atomic E-state index is 11.7. The number of fused-ring (bicyclic) bond motifs is 1. The lowest BCUT2D eigenvalue weighted by atomic mass is 9.98. The monoisotopic (exact) mass is 604 g/mol. The number of nitro benzene ring substituents is 1. The fraction of sp³-hybridized carbons (Fsp3) is 0.586. The van der Waals surface area contributed by atoms with Crippen LogP contribution in [0, 0.1) is 16.0 Å². The molecule has 10 nitrogen and oxygen atoms in total. The smallest absolute Gasteiger partial charge is 0.275 e. The highest BCUT2D eigenvalue weighted by Crippen LogP contribution is 2.42. The van der Waals surface area contributed by atoms with Crippen LogP contribution >= 0.6 is 11.6 Å². The van der Waals surface area contributed by atoms with E-state index in [1.165, 1.54) is 12.4 Å². The molecule has 0 amide bonds. The highest BCUT2D eigenvalue weighted by Gasteiger charge is 2.45. The van der Waals surface area contributed by atoms with E-state index in [1.807, 2.05) is 10.8 Å². The zero-order valence-corrected chi connectivity index (χ0v) is 26.6. The second-order valence-electron chi connectivity index (χ2n) is 12.6. The number of hydrogen-bond donors (Lipinski definition) is 1. The van der Waals surface area contributed by atoms with Crippen molar-refractivity contribution in [3.8, 4) is 0 Å². The van der Waals surface area contributed by atoms with Crippen molar-refractivity contribution in [1.82, 2.24) is 14.5 Å². The van der Waals surface area contributed by atoms with Gasteiger partial charge in [0.2, 0.25) is 0 Å². The largest absolute Gasteiger partial charge is 0.411 e. The number of ether oxygens (including phenoxy) is 2. The number of nitrogens with zero attached hydrogens (tertiary/aromatic N) is 4. The van der Waals surface area contributed by atoms with E-state index in [4.69, 9.17) is 25.5 Å². The SMILES string of the molecule is CC(C)CC(OCc1cn([C@H]2C[C@@H](O[Si](C)(C)C(C)(C)C)[C@@H](CO)O2)c2ncnc(Cl)c12)c1ccccc1[N+](=O)[O-]. The molecule has 1 fully saturated rings. The Morgan fingerprint density at radius 1 is 1.27 bits per heavy atom. The summed E-state index contributed by atoms with van der Waals surface area (Å²) in [5, 5.41) is 22.8. The normalized spacial score (nSPS) is 20.7. The number of nitro groups is 1. The standard InChI is InChI=1S/C29H41ClN4O6Si/c1-18(2)12-22(20-10-8-9-11-21(20)34(36)37)38-16-19-14-33(28-26(19)27(30)31-17-32-28)25-13-23(24(15-35)39-25)40-41(6,7)29(3,4)5/h8-11,14,17-18,22-25,35H,12-13,15-16H2,1-7H3/t22?,23-,24-,25-/m1/s1. The molecular weight excluding hydrogens is 564 g/mol. The summed E-state index contributed by atoms with van der Waals surface area (Å²) in [6, 6.07) is 6.68. The number of aliphatic hydroxyl groups excluding tert-OH is 1. The first kappa shape index (κ1) is 31.5. The summed E-state index contributed by atoms with van der Waals surface area (Å²) in [6.07, 6.45) is 2.76. The first-order valence-corrected chi connectivity index (χ1v) is 17.3. The molecule has 4 rings (SSSR count). The van der Waals surface area contributed by atoms with Gasteiger partial charge in [-0.1, -0.05) is 58.4 Å². The Balaban J connectivity index is 1.65. The van der Waals surface area contributed by atoms with Crippen LogP contribution in [0.1, 0.15) is 70.9 Å². The minimum Gasteiger partial charge on any atom is -0.411 e. The van der Waals surface area contributed by atoms with Gasteiger partial charge in [-0.05, 0) is 36.5 Å². The molecule has 2 aromatic heterocycles. The van der Waals surface area contributed by atoms with E-state index in [2.05, 4.69) is 57.7 Å². The molecule has 0 saturated carbocycles. The van der Waals surface area contributed by atoms with Gasteiger partial charge in [-0.25, -0.2) is 9.97 Å². The third-order valence-electron chi connectivity index (χ3n) is 8.17. The molecule has 0 spiro atoms. The number of halogens is 1. The predicted octanol–water partition coefficient (Wildman–Crippen LogP) is 6.97. The summed E-state index contributed by atoms with van der Waals surface area (Å²) in [5.41, 5.74) is 1.90. The minimum absolute atomic E-state index is 0.0108. The lowest BCUT2D eigenvalue weighted by Gasteiger charge is -2.39. The van der Waals surface area contributed by atoms with E-state index in [0.29, 0.717) is 29.4 Å². The average Bonchev–Trinajstić information content (AvgIpc) is 3.47. The molecule has 12 heteroatoms. The number of para-hydroxylation sites is 1. The quantitative estimate of drug-likeness (QED) is 0.108. The van der Waals surface area contributed by atoms with Crippen molar-refractivity contribution >= 4 is 36.6 Å². The Labute approximate surface area is 247 Å². The second-order valence-corrected chi connectivity index (χ2v) is 17.7. The molecular formula is C29H41ClN4O6Si. The fourth-order valence-electron chi connectivity index (χ4n) is 4.99. The summed E-state index contributed by atoms with van der Waals surface area (Å²) in [7, 11) is -2.11. The lowest BCUT2D eigenvalue weighted by Crippen LogP contribution is -2.46. The van der Waals surface area contributed by atoms with E-state index in [-0.39, 0.29) is 46.0 Å². The first-order valence-electron chi connectivity index (χ1n) is 14.0.